The second-order valence-corrected chi connectivity index (χ2v) is 8.98. The van der Waals surface area contributed by atoms with E-state index in [0.29, 0.717) is 11.1 Å². The molecule has 1 unspecified atom stereocenters. The molecule has 1 saturated heterocycles. The SMILES string of the molecule is CCC1(c2ccc(F)cc2)NC(=O)N(CC(=O)c2cc(C)n(-c3cc(C)cc(C)c3)c2C)C1=O. The minimum Gasteiger partial charge on any atom is -0.319 e. The lowest BCUT2D eigenvalue weighted by molar-refractivity contribution is -0.131. The highest BCUT2D eigenvalue weighted by molar-refractivity contribution is 6.11. The first-order chi connectivity index (χ1) is 16.1. The van der Waals surface area contributed by atoms with Crippen LogP contribution in [0, 0.1) is 33.5 Å². The number of nitrogens with one attached hydrogen (secondary N) is 1. The normalized spacial score (nSPS) is 17.9. The molecule has 1 fully saturated rings. The number of imide groups is 1. The second-order valence-electron chi connectivity index (χ2n) is 8.98. The molecule has 6 nitrogen and oxygen atoms in total. The van der Waals surface area contributed by atoms with Gasteiger partial charge in [0.15, 0.2) is 5.78 Å². The first-order valence-corrected chi connectivity index (χ1v) is 11.3. The Morgan fingerprint density at radius 2 is 1.59 bits per heavy atom. The molecule has 1 aliphatic rings. The molecule has 3 amide bonds. The van der Waals surface area contributed by atoms with Gasteiger partial charge in [-0.1, -0.05) is 25.1 Å². The maximum absolute atomic E-state index is 13.4. The fraction of sp³-hybridized carbons (Fsp3) is 0.296. The number of hydrogen-bond acceptors (Lipinski definition) is 3. The molecular weight excluding hydrogens is 433 g/mol. The van der Waals surface area contributed by atoms with Crippen LogP contribution in [0.5, 0.6) is 0 Å². The minimum absolute atomic E-state index is 0.273. The van der Waals surface area contributed by atoms with E-state index in [4.69, 9.17) is 0 Å². The lowest BCUT2D eigenvalue weighted by atomic mass is 9.87. The third-order valence-electron chi connectivity index (χ3n) is 6.54. The van der Waals surface area contributed by atoms with E-state index in [0.717, 1.165) is 33.1 Å². The van der Waals surface area contributed by atoms with Crippen molar-refractivity contribution in [3.63, 3.8) is 0 Å². The minimum atomic E-state index is -1.32. The number of urea groups is 1. The monoisotopic (exact) mass is 461 g/mol. The Kier molecular flexibility index (Phi) is 5.89. The van der Waals surface area contributed by atoms with Gasteiger partial charge in [-0.3, -0.25) is 14.5 Å². The van der Waals surface area contributed by atoms with E-state index in [1.807, 2.05) is 32.3 Å². The van der Waals surface area contributed by atoms with Crippen LogP contribution < -0.4 is 5.32 Å². The smallest absolute Gasteiger partial charge is 0.319 e. The van der Waals surface area contributed by atoms with Crippen LogP contribution in [0.1, 0.15) is 51.8 Å². The number of carbonyl (C=O) groups is 3. The number of aryl methyl sites for hydroxylation is 3. The number of ketones is 1. The third-order valence-corrected chi connectivity index (χ3v) is 6.54. The van der Waals surface area contributed by atoms with Crippen LogP contribution in [0.2, 0.25) is 0 Å². The van der Waals surface area contributed by atoms with Crippen molar-refractivity contribution in [2.45, 2.75) is 46.6 Å². The van der Waals surface area contributed by atoms with Gasteiger partial charge in [-0.05, 0) is 81.1 Å². The molecule has 34 heavy (non-hydrogen) atoms. The molecule has 3 aromatic rings. The van der Waals surface area contributed by atoms with Crippen molar-refractivity contribution >= 4 is 17.7 Å². The summed E-state index contributed by atoms with van der Waals surface area (Å²) in [5.74, 6) is -1.26. The van der Waals surface area contributed by atoms with E-state index >= 15 is 0 Å². The van der Waals surface area contributed by atoms with Gasteiger partial charge in [0, 0.05) is 22.6 Å². The molecule has 1 aliphatic heterocycles. The van der Waals surface area contributed by atoms with Crippen LogP contribution in [-0.2, 0) is 10.3 Å². The number of aromatic nitrogens is 1. The summed E-state index contributed by atoms with van der Waals surface area (Å²) in [6.07, 6.45) is 0.273. The summed E-state index contributed by atoms with van der Waals surface area (Å²) in [4.78, 5) is 40.4. The van der Waals surface area contributed by atoms with Crippen molar-refractivity contribution in [2.75, 3.05) is 6.54 Å². The summed E-state index contributed by atoms with van der Waals surface area (Å²) >= 11 is 0. The highest BCUT2D eigenvalue weighted by Gasteiger charge is 2.51. The van der Waals surface area contributed by atoms with Crippen LogP contribution in [0.3, 0.4) is 0 Å². The Labute approximate surface area is 198 Å². The number of nitrogens with zero attached hydrogens (tertiary/aromatic N) is 2. The van der Waals surface area contributed by atoms with Gasteiger partial charge in [0.2, 0.25) is 0 Å². The summed E-state index contributed by atoms with van der Waals surface area (Å²) in [6.45, 7) is 9.23. The molecule has 7 heteroatoms. The van der Waals surface area contributed by atoms with Gasteiger partial charge in [-0.25, -0.2) is 9.18 Å². The largest absolute Gasteiger partial charge is 0.325 e. The molecule has 1 aromatic heterocycles. The summed E-state index contributed by atoms with van der Waals surface area (Å²) in [7, 11) is 0. The Bertz CT molecular complexity index is 1290. The highest BCUT2D eigenvalue weighted by atomic mass is 19.1. The Balaban J connectivity index is 1.64. The molecule has 0 radical (unpaired) electrons. The standard InChI is InChI=1S/C27H28FN3O3/c1-6-27(20-7-9-21(28)10-8-20)25(33)30(26(34)29-27)15-24(32)23-14-18(4)31(19(23)5)22-12-16(2)11-17(3)13-22/h7-14H,6,15H2,1-5H3,(H,29,34). The lowest BCUT2D eigenvalue weighted by Crippen LogP contribution is -2.43. The van der Waals surface area contributed by atoms with Crippen molar-refractivity contribution in [2.24, 2.45) is 0 Å². The Morgan fingerprint density at radius 3 is 2.18 bits per heavy atom. The van der Waals surface area contributed by atoms with Crippen LogP contribution >= 0.6 is 0 Å². The van der Waals surface area contributed by atoms with E-state index < -0.39 is 23.3 Å². The second kappa shape index (κ2) is 8.56. The molecule has 0 bridgehead atoms. The first-order valence-electron chi connectivity index (χ1n) is 11.3. The van der Waals surface area contributed by atoms with E-state index in [2.05, 4.69) is 23.5 Å². The van der Waals surface area contributed by atoms with Crippen molar-refractivity contribution in [1.82, 2.24) is 14.8 Å². The van der Waals surface area contributed by atoms with E-state index in [-0.39, 0.29) is 18.7 Å². The van der Waals surface area contributed by atoms with E-state index in [9.17, 15) is 18.8 Å². The fourth-order valence-electron chi connectivity index (χ4n) is 4.89. The fourth-order valence-corrected chi connectivity index (χ4v) is 4.89. The van der Waals surface area contributed by atoms with Gasteiger partial charge in [0.05, 0.1) is 6.54 Å². The predicted molar refractivity (Wildman–Crippen MR) is 128 cm³/mol. The molecule has 1 N–H and O–H groups in total. The highest BCUT2D eigenvalue weighted by Crippen LogP contribution is 2.33. The van der Waals surface area contributed by atoms with Crippen LogP contribution in [-0.4, -0.2) is 33.7 Å². The number of carbonyl (C=O) groups excluding carboxylic acids is 3. The summed E-state index contributed by atoms with van der Waals surface area (Å²) in [5.41, 5.74) is 4.46. The zero-order valence-electron chi connectivity index (χ0n) is 20.0. The van der Waals surface area contributed by atoms with Crippen LogP contribution in [0.15, 0.2) is 48.5 Å². The van der Waals surface area contributed by atoms with Crippen LogP contribution in [0.4, 0.5) is 9.18 Å². The van der Waals surface area contributed by atoms with E-state index in [1.54, 1.807) is 13.0 Å². The van der Waals surface area contributed by atoms with Gasteiger partial charge >= 0.3 is 6.03 Å². The molecule has 4 rings (SSSR count). The maximum Gasteiger partial charge on any atom is 0.325 e. The number of halogens is 1. The molecule has 2 aromatic carbocycles. The third kappa shape index (κ3) is 3.81. The summed E-state index contributed by atoms with van der Waals surface area (Å²) in [6, 6.07) is 12.8. The van der Waals surface area contributed by atoms with Crippen molar-refractivity contribution in [3.05, 3.63) is 88.0 Å². The number of benzene rings is 2. The van der Waals surface area contributed by atoms with Gasteiger partial charge in [0.1, 0.15) is 11.4 Å². The van der Waals surface area contributed by atoms with Gasteiger partial charge < -0.3 is 9.88 Å². The molecule has 0 spiro atoms. The van der Waals surface area contributed by atoms with Gasteiger partial charge in [-0.2, -0.15) is 0 Å². The van der Waals surface area contributed by atoms with Gasteiger partial charge in [0.25, 0.3) is 5.91 Å². The first kappa shape index (κ1) is 23.4. The molecule has 2 heterocycles. The van der Waals surface area contributed by atoms with E-state index in [1.165, 1.54) is 24.3 Å². The number of rotatable bonds is 6. The lowest BCUT2D eigenvalue weighted by Gasteiger charge is -2.25. The van der Waals surface area contributed by atoms with Crippen LogP contribution in [0.25, 0.3) is 5.69 Å². The van der Waals surface area contributed by atoms with Crippen molar-refractivity contribution in [3.8, 4) is 5.69 Å². The predicted octanol–water partition coefficient (Wildman–Crippen LogP) is 4.89. The zero-order valence-corrected chi connectivity index (χ0v) is 20.0. The summed E-state index contributed by atoms with van der Waals surface area (Å²) < 4.78 is 15.4. The number of amides is 3. The van der Waals surface area contributed by atoms with Gasteiger partial charge in [-0.15, -0.1) is 0 Å². The molecule has 0 saturated carbocycles. The summed E-state index contributed by atoms with van der Waals surface area (Å²) in [5, 5.41) is 2.74. The zero-order chi connectivity index (χ0) is 24.8. The van der Waals surface area contributed by atoms with Crippen molar-refractivity contribution in [1.29, 1.82) is 0 Å². The quantitative estimate of drug-likeness (QED) is 0.420. The molecule has 176 valence electrons. The molecule has 0 aliphatic carbocycles. The molecular formula is C27H28FN3O3. The number of Topliss-reactive ketones (excluding diaryl/α,β-unsaturated/α-hetero) is 1. The Hall–Kier alpha value is -3.74. The Morgan fingerprint density at radius 1 is 0.971 bits per heavy atom. The topological polar surface area (TPSA) is 71.4 Å². The maximum atomic E-state index is 13.4. The van der Waals surface area contributed by atoms with Crippen molar-refractivity contribution < 1.29 is 18.8 Å². The number of hydrogen-bond donors (Lipinski definition) is 1. The average molecular weight is 462 g/mol. The average Bonchev–Trinajstić information content (AvgIpc) is 3.21. The molecule has 1 atom stereocenters.